The minimum absolute atomic E-state index is 0.0493. The number of pyridine rings is 1. The molecule has 0 saturated heterocycles. The summed E-state index contributed by atoms with van der Waals surface area (Å²) in [6, 6.07) is 8.76. The van der Waals surface area contributed by atoms with Crippen LogP contribution in [0.5, 0.6) is 0 Å². The third-order valence-electron chi connectivity index (χ3n) is 9.99. The molecule has 4 aliphatic carbocycles. The quantitative estimate of drug-likeness (QED) is 0.435. The average Bonchev–Trinajstić information content (AvgIpc) is 3.37. The molecule has 0 amide bonds. The molecule has 2 fully saturated rings. The molecule has 2 saturated carbocycles. The van der Waals surface area contributed by atoms with Gasteiger partial charge >= 0.3 is 5.97 Å². The van der Waals surface area contributed by atoms with Crippen LogP contribution in [-0.4, -0.2) is 56.5 Å². The van der Waals surface area contributed by atoms with Crippen molar-refractivity contribution in [3.63, 3.8) is 0 Å². The molecule has 1 aromatic heterocycles. The van der Waals surface area contributed by atoms with Gasteiger partial charge in [0.05, 0.1) is 23.1 Å². The molecule has 2 bridgehead atoms. The fourth-order valence-electron chi connectivity index (χ4n) is 8.04. The fourth-order valence-corrected chi connectivity index (χ4v) is 8.04. The Hall–Kier alpha value is -2.87. The van der Waals surface area contributed by atoms with Crippen LogP contribution < -0.4 is 0 Å². The van der Waals surface area contributed by atoms with Crippen molar-refractivity contribution < 1.29 is 29.6 Å². The van der Waals surface area contributed by atoms with Gasteiger partial charge in [0.2, 0.25) is 0 Å². The normalized spacial score (nSPS) is 39.6. The molecule has 3 N–H and O–H groups in total. The number of allylic oxidation sites excluding steroid dienone is 1. The van der Waals surface area contributed by atoms with Gasteiger partial charge in [-0.05, 0) is 59.8 Å². The number of benzene rings is 1. The monoisotopic (exact) mass is 503 g/mol. The number of ether oxygens (including phenoxy) is 1. The number of nitrogens with zero attached hydrogens (tertiary/aromatic N) is 1. The van der Waals surface area contributed by atoms with Gasteiger partial charge in [-0.2, -0.15) is 0 Å². The van der Waals surface area contributed by atoms with Crippen LogP contribution >= 0.6 is 0 Å². The Balaban J connectivity index is 1.47. The van der Waals surface area contributed by atoms with Gasteiger partial charge in [0.15, 0.2) is 17.5 Å². The summed E-state index contributed by atoms with van der Waals surface area (Å²) in [5.41, 5.74) is -2.04. The highest BCUT2D eigenvalue weighted by atomic mass is 16.6. The largest absolute Gasteiger partial charge is 0.451 e. The maximum atomic E-state index is 14.4. The third-order valence-corrected chi connectivity index (χ3v) is 9.99. The van der Waals surface area contributed by atoms with E-state index in [-0.39, 0.29) is 40.1 Å². The first-order valence-electron chi connectivity index (χ1n) is 13.0. The van der Waals surface area contributed by atoms with Crippen molar-refractivity contribution in [3.05, 3.63) is 65.4 Å². The Morgan fingerprint density at radius 3 is 2.68 bits per heavy atom. The number of Topliss-reactive ketones (excluding diaryl/α,β-unsaturated/α-hetero) is 1. The van der Waals surface area contributed by atoms with Crippen LogP contribution in [-0.2, 0) is 9.53 Å². The molecule has 0 radical (unpaired) electrons. The second-order valence-electron chi connectivity index (χ2n) is 12.0. The van der Waals surface area contributed by atoms with Crippen LogP contribution in [0.4, 0.5) is 0 Å². The van der Waals surface area contributed by atoms with E-state index >= 15 is 0 Å². The Morgan fingerprint density at radius 2 is 1.95 bits per heavy atom. The number of fused-ring (bicyclic) bond motifs is 4. The smallest absolute Gasteiger partial charge is 0.339 e. The van der Waals surface area contributed by atoms with Gasteiger partial charge in [-0.1, -0.05) is 51.1 Å². The molecule has 2 aromatic rings. The summed E-state index contributed by atoms with van der Waals surface area (Å²) in [6.07, 6.45) is 2.78. The number of carbonyl (C=O) groups excluding carboxylic acids is 2. The highest BCUT2D eigenvalue weighted by Crippen LogP contribution is 2.71. The number of hydrogen-bond acceptors (Lipinski definition) is 7. The number of para-hydroxylation sites is 1. The van der Waals surface area contributed by atoms with Gasteiger partial charge in [0.25, 0.3) is 0 Å². The van der Waals surface area contributed by atoms with E-state index in [2.05, 4.69) is 18.8 Å². The molecule has 194 valence electrons. The number of ketones is 1. The maximum absolute atomic E-state index is 14.4. The van der Waals surface area contributed by atoms with Crippen molar-refractivity contribution in [1.82, 2.24) is 4.98 Å². The topological polar surface area (TPSA) is 117 Å². The Bertz CT molecular complexity index is 1390. The molecule has 7 heteroatoms. The standard InChI is InChI=1S/C30H33NO6/c1-15-13-29-16(2)11-21-23(28(21,3)4)20(25(29)34)12-17(14-32)24(33)30(29,36)26(15)37-27(35)19-9-10-31-22-8-6-5-7-18(19)22/h5-10,12-13,16,20-21,23-24,26,32-33,36H,11,14H2,1-4H3/t16-,20+,21-,23+,24-,26+,29+,30+/m1/s1. The Morgan fingerprint density at radius 1 is 1.22 bits per heavy atom. The predicted molar refractivity (Wildman–Crippen MR) is 136 cm³/mol. The molecule has 1 heterocycles. The van der Waals surface area contributed by atoms with Gasteiger partial charge in [-0.3, -0.25) is 9.78 Å². The number of aliphatic hydroxyl groups is 3. The molecule has 4 aliphatic rings. The first-order chi connectivity index (χ1) is 17.5. The molecule has 8 atom stereocenters. The molecule has 7 nitrogen and oxygen atoms in total. The summed E-state index contributed by atoms with van der Waals surface area (Å²) in [4.78, 5) is 32.3. The minimum atomic E-state index is -2.16. The second kappa shape index (κ2) is 7.82. The number of aromatic nitrogens is 1. The fraction of sp³-hybridized carbons (Fsp3) is 0.500. The first-order valence-corrected chi connectivity index (χ1v) is 13.0. The highest BCUT2D eigenvalue weighted by Gasteiger charge is 2.76. The molecule has 0 aliphatic heterocycles. The lowest BCUT2D eigenvalue weighted by Crippen LogP contribution is -2.65. The average molecular weight is 504 g/mol. The van der Waals surface area contributed by atoms with Crippen LogP contribution in [0.25, 0.3) is 10.9 Å². The summed E-state index contributed by atoms with van der Waals surface area (Å²) in [7, 11) is 0. The zero-order chi connectivity index (χ0) is 26.5. The minimum Gasteiger partial charge on any atom is -0.451 e. The van der Waals surface area contributed by atoms with Gasteiger partial charge < -0.3 is 20.1 Å². The molecule has 1 spiro atoms. The summed E-state index contributed by atoms with van der Waals surface area (Å²) >= 11 is 0. The summed E-state index contributed by atoms with van der Waals surface area (Å²) < 4.78 is 6.01. The van der Waals surface area contributed by atoms with Crippen LogP contribution in [0, 0.1) is 34.5 Å². The number of aliphatic hydroxyl groups excluding tert-OH is 2. The zero-order valence-electron chi connectivity index (χ0n) is 21.5. The van der Waals surface area contributed by atoms with E-state index in [1.165, 1.54) is 6.20 Å². The Kier molecular flexibility index (Phi) is 5.17. The first kappa shape index (κ1) is 24.5. The summed E-state index contributed by atoms with van der Waals surface area (Å²) in [5, 5.41) is 35.0. The van der Waals surface area contributed by atoms with Crippen LogP contribution in [0.15, 0.2) is 59.8 Å². The zero-order valence-corrected chi connectivity index (χ0v) is 21.5. The highest BCUT2D eigenvalue weighted by molar-refractivity contribution is 6.03. The van der Waals surface area contributed by atoms with Gasteiger partial charge in [-0.25, -0.2) is 4.79 Å². The number of rotatable bonds is 3. The second-order valence-corrected chi connectivity index (χ2v) is 12.0. The number of hydrogen-bond donors (Lipinski definition) is 3. The van der Waals surface area contributed by atoms with Crippen molar-refractivity contribution in [2.24, 2.45) is 34.5 Å². The SMILES string of the molecule is CC1=C[C@]23C(=O)[C@@H](C=C(CO)[C@@H](O)[C@]2(O)[C@H]1OC(=O)c1ccnc2ccccc12)[C@H]1[C@@H](C[C@H]3C)C1(C)C. The molecule has 1 aromatic carbocycles. The lowest BCUT2D eigenvalue weighted by atomic mass is 9.59. The van der Waals surface area contributed by atoms with E-state index < -0.39 is 41.7 Å². The number of carbonyl (C=O) groups is 2. The van der Waals surface area contributed by atoms with Gasteiger partial charge in [0.1, 0.15) is 6.10 Å². The predicted octanol–water partition coefficient (Wildman–Crippen LogP) is 3.23. The Labute approximate surface area is 215 Å². The molecule has 6 rings (SSSR count). The molecular weight excluding hydrogens is 470 g/mol. The van der Waals surface area contributed by atoms with Crippen LogP contribution in [0.2, 0.25) is 0 Å². The van der Waals surface area contributed by atoms with E-state index in [0.717, 1.165) is 0 Å². The van der Waals surface area contributed by atoms with Gasteiger partial charge in [-0.15, -0.1) is 0 Å². The van der Waals surface area contributed by atoms with Crippen LogP contribution in [0.1, 0.15) is 44.5 Å². The van der Waals surface area contributed by atoms with Gasteiger partial charge in [0, 0.05) is 17.5 Å². The van der Waals surface area contributed by atoms with Crippen molar-refractivity contribution in [2.45, 2.75) is 51.9 Å². The summed E-state index contributed by atoms with van der Waals surface area (Å²) in [5.74, 6) is -1.36. The van der Waals surface area contributed by atoms with Crippen molar-refractivity contribution in [3.8, 4) is 0 Å². The van der Waals surface area contributed by atoms with Crippen LogP contribution in [0.3, 0.4) is 0 Å². The van der Waals surface area contributed by atoms with Crippen molar-refractivity contribution in [1.29, 1.82) is 0 Å². The number of esters is 1. The maximum Gasteiger partial charge on any atom is 0.339 e. The third kappa shape index (κ3) is 2.96. The van der Waals surface area contributed by atoms with E-state index in [1.54, 1.807) is 43.3 Å². The van der Waals surface area contributed by atoms with E-state index in [4.69, 9.17) is 4.74 Å². The van der Waals surface area contributed by atoms with E-state index in [0.29, 0.717) is 22.9 Å². The summed E-state index contributed by atoms with van der Waals surface area (Å²) in [6.45, 7) is 7.46. The van der Waals surface area contributed by atoms with Crippen molar-refractivity contribution >= 4 is 22.7 Å². The molecule has 0 unspecified atom stereocenters. The molecule has 37 heavy (non-hydrogen) atoms. The van der Waals surface area contributed by atoms with Crippen molar-refractivity contribution in [2.75, 3.05) is 6.61 Å². The van der Waals surface area contributed by atoms with E-state index in [1.807, 2.05) is 13.0 Å². The lowest BCUT2D eigenvalue weighted by molar-refractivity contribution is -0.190. The van der Waals surface area contributed by atoms with E-state index in [9.17, 15) is 24.9 Å². The lowest BCUT2D eigenvalue weighted by Gasteiger charge is -2.48. The molecular formula is C30H33NO6.